The molecule has 1 aliphatic heterocycles. The smallest absolute Gasteiger partial charge is 0.0758 e. The van der Waals surface area contributed by atoms with Crippen LogP contribution in [0.25, 0.3) is 11.1 Å². The second kappa shape index (κ2) is 4.50. The SMILES string of the molecule is c1ccc2c(c1)-c1ccccc1C2C1CC[NH2+]CC1. The summed E-state index contributed by atoms with van der Waals surface area (Å²) >= 11 is 0. The van der Waals surface area contributed by atoms with Gasteiger partial charge in [0.05, 0.1) is 13.1 Å². The zero-order chi connectivity index (χ0) is 12.7. The van der Waals surface area contributed by atoms with E-state index in [9.17, 15) is 0 Å². The Morgan fingerprint density at radius 3 is 1.84 bits per heavy atom. The second-order valence-electron chi connectivity index (χ2n) is 5.86. The summed E-state index contributed by atoms with van der Waals surface area (Å²) in [6.07, 6.45) is 2.71. The lowest BCUT2D eigenvalue weighted by Gasteiger charge is -2.27. The van der Waals surface area contributed by atoms with E-state index in [4.69, 9.17) is 0 Å². The van der Waals surface area contributed by atoms with Crippen molar-refractivity contribution in [3.63, 3.8) is 0 Å². The monoisotopic (exact) mass is 250 g/mol. The van der Waals surface area contributed by atoms with Crippen LogP contribution in [0.2, 0.25) is 0 Å². The van der Waals surface area contributed by atoms with Crippen LogP contribution in [0.4, 0.5) is 0 Å². The molecule has 0 saturated carbocycles. The van der Waals surface area contributed by atoms with Gasteiger partial charge in [0, 0.05) is 18.8 Å². The van der Waals surface area contributed by atoms with Crippen LogP contribution in [0.15, 0.2) is 48.5 Å². The second-order valence-corrected chi connectivity index (χ2v) is 5.86. The van der Waals surface area contributed by atoms with Crippen LogP contribution < -0.4 is 5.32 Å². The molecule has 2 N–H and O–H groups in total. The number of hydrogen-bond donors (Lipinski definition) is 1. The Kier molecular flexibility index (Phi) is 2.66. The third-order valence-electron chi connectivity index (χ3n) is 4.84. The summed E-state index contributed by atoms with van der Waals surface area (Å²) in [5.74, 6) is 1.47. The van der Waals surface area contributed by atoms with Gasteiger partial charge in [-0.25, -0.2) is 0 Å². The third-order valence-corrected chi connectivity index (χ3v) is 4.84. The largest absolute Gasteiger partial charge is 0.346 e. The van der Waals surface area contributed by atoms with Gasteiger partial charge in [0.1, 0.15) is 0 Å². The Morgan fingerprint density at radius 2 is 1.26 bits per heavy atom. The summed E-state index contributed by atoms with van der Waals surface area (Å²) in [6, 6.07) is 18.0. The van der Waals surface area contributed by atoms with Gasteiger partial charge in [-0.2, -0.15) is 0 Å². The standard InChI is InChI=1S/C18H19N/c1-3-7-16-14(5-1)15-6-2-4-8-17(15)18(16)13-9-11-19-12-10-13/h1-8,13,18-19H,9-12H2/p+1. The fraction of sp³-hybridized carbons (Fsp3) is 0.333. The van der Waals surface area contributed by atoms with Crippen LogP contribution in [0, 0.1) is 5.92 Å². The number of piperidine rings is 1. The zero-order valence-corrected chi connectivity index (χ0v) is 11.2. The molecule has 1 fully saturated rings. The van der Waals surface area contributed by atoms with Gasteiger partial charge in [-0.3, -0.25) is 0 Å². The Hall–Kier alpha value is -1.60. The van der Waals surface area contributed by atoms with E-state index in [1.807, 2.05) is 0 Å². The van der Waals surface area contributed by atoms with Crippen molar-refractivity contribution >= 4 is 0 Å². The molecule has 2 aromatic rings. The van der Waals surface area contributed by atoms with E-state index in [-0.39, 0.29) is 0 Å². The lowest BCUT2D eigenvalue weighted by molar-refractivity contribution is -0.665. The fourth-order valence-corrected chi connectivity index (χ4v) is 3.99. The maximum Gasteiger partial charge on any atom is 0.0758 e. The van der Waals surface area contributed by atoms with Crippen LogP contribution in [0.3, 0.4) is 0 Å². The summed E-state index contributed by atoms with van der Waals surface area (Å²) in [5, 5.41) is 2.46. The van der Waals surface area contributed by atoms with Crippen molar-refractivity contribution in [2.45, 2.75) is 18.8 Å². The average molecular weight is 250 g/mol. The molecule has 0 aromatic heterocycles. The minimum absolute atomic E-state index is 0.640. The molecule has 1 saturated heterocycles. The summed E-state index contributed by atoms with van der Waals surface area (Å²) in [5.41, 5.74) is 6.07. The van der Waals surface area contributed by atoms with Crippen molar-refractivity contribution in [3.05, 3.63) is 59.7 Å². The highest BCUT2D eigenvalue weighted by Crippen LogP contribution is 2.49. The first kappa shape index (κ1) is 11.2. The fourth-order valence-electron chi connectivity index (χ4n) is 3.99. The van der Waals surface area contributed by atoms with E-state index in [1.165, 1.54) is 37.1 Å². The summed E-state index contributed by atoms with van der Waals surface area (Å²) < 4.78 is 0. The maximum absolute atomic E-state index is 2.46. The highest BCUT2D eigenvalue weighted by Gasteiger charge is 2.35. The molecule has 0 spiro atoms. The molecule has 1 nitrogen and oxygen atoms in total. The molecule has 1 heteroatoms. The molecule has 0 atom stereocenters. The Morgan fingerprint density at radius 1 is 0.737 bits per heavy atom. The molecule has 2 aliphatic rings. The van der Waals surface area contributed by atoms with Crippen molar-refractivity contribution in [3.8, 4) is 11.1 Å². The number of hydrogen-bond acceptors (Lipinski definition) is 0. The molecule has 1 heterocycles. The van der Waals surface area contributed by atoms with Gasteiger partial charge < -0.3 is 5.32 Å². The summed E-state index contributed by atoms with van der Waals surface area (Å²) in [6.45, 7) is 2.59. The quantitative estimate of drug-likeness (QED) is 0.801. The van der Waals surface area contributed by atoms with E-state index in [0.717, 1.165) is 5.92 Å². The molecular weight excluding hydrogens is 230 g/mol. The molecular formula is C18H20N+. The van der Waals surface area contributed by atoms with E-state index < -0.39 is 0 Å². The van der Waals surface area contributed by atoms with Crippen molar-refractivity contribution < 1.29 is 5.32 Å². The minimum Gasteiger partial charge on any atom is -0.346 e. The summed E-state index contributed by atoms with van der Waals surface area (Å²) in [4.78, 5) is 0. The average Bonchev–Trinajstić information content (AvgIpc) is 2.83. The number of rotatable bonds is 1. The molecule has 96 valence electrons. The van der Waals surface area contributed by atoms with Gasteiger partial charge in [0.2, 0.25) is 0 Å². The lowest BCUT2D eigenvalue weighted by atomic mass is 9.79. The first-order chi connectivity index (χ1) is 9.45. The topological polar surface area (TPSA) is 16.6 Å². The van der Waals surface area contributed by atoms with Gasteiger partial charge in [-0.15, -0.1) is 0 Å². The predicted molar refractivity (Wildman–Crippen MR) is 78.1 cm³/mol. The molecule has 19 heavy (non-hydrogen) atoms. The van der Waals surface area contributed by atoms with E-state index >= 15 is 0 Å². The first-order valence-corrected chi connectivity index (χ1v) is 7.45. The van der Waals surface area contributed by atoms with Gasteiger partial charge >= 0.3 is 0 Å². The van der Waals surface area contributed by atoms with Gasteiger partial charge in [0.25, 0.3) is 0 Å². The Bertz CT molecular complexity index is 551. The molecule has 0 unspecified atom stereocenters. The molecule has 0 bridgehead atoms. The van der Waals surface area contributed by atoms with Gasteiger partial charge in [0.15, 0.2) is 0 Å². The lowest BCUT2D eigenvalue weighted by Crippen LogP contribution is -2.86. The van der Waals surface area contributed by atoms with Crippen LogP contribution in [-0.2, 0) is 0 Å². The van der Waals surface area contributed by atoms with Crippen molar-refractivity contribution in [1.82, 2.24) is 0 Å². The number of quaternary nitrogens is 1. The molecule has 4 rings (SSSR count). The van der Waals surface area contributed by atoms with Gasteiger partial charge in [-0.05, 0) is 28.2 Å². The van der Waals surface area contributed by atoms with Crippen LogP contribution in [0.5, 0.6) is 0 Å². The molecule has 0 radical (unpaired) electrons. The molecule has 1 aliphatic carbocycles. The number of benzene rings is 2. The zero-order valence-electron chi connectivity index (χ0n) is 11.2. The highest BCUT2D eigenvalue weighted by molar-refractivity contribution is 5.78. The maximum atomic E-state index is 2.46. The molecule has 2 aromatic carbocycles. The van der Waals surface area contributed by atoms with Crippen molar-refractivity contribution in [1.29, 1.82) is 0 Å². The van der Waals surface area contributed by atoms with Crippen LogP contribution >= 0.6 is 0 Å². The van der Waals surface area contributed by atoms with E-state index in [1.54, 1.807) is 11.1 Å². The molecule has 0 amide bonds. The number of nitrogens with two attached hydrogens (primary N) is 1. The van der Waals surface area contributed by atoms with Crippen molar-refractivity contribution in [2.75, 3.05) is 13.1 Å². The van der Waals surface area contributed by atoms with E-state index in [0.29, 0.717) is 5.92 Å². The van der Waals surface area contributed by atoms with Gasteiger partial charge in [-0.1, -0.05) is 48.5 Å². The van der Waals surface area contributed by atoms with E-state index in [2.05, 4.69) is 53.8 Å². The Labute approximate surface area is 114 Å². The Balaban J connectivity index is 1.86. The number of fused-ring (bicyclic) bond motifs is 3. The predicted octanol–water partition coefficient (Wildman–Crippen LogP) is 2.77. The first-order valence-electron chi connectivity index (χ1n) is 7.45. The minimum atomic E-state index is 0.640. The summed E-state index contributed by atoms with van der Waals surface area (Å²) in [7, 11) is 0. The van der Waals surface area contributed by atoms with Crippen LogP contribution in [-0.4, -0.2) is 13.1 Å². The normalized spacial score (nSPS) is 19.2. The van der Waals surface area contributed by atoms with Crippen LogP contribution in [0.1, 0.15) is 29.9 Å². The highest BCUT2D eigenvalue weighted by atomic mass is 14.9. The third kappa shape index (κ3) is 1.73. The van der Waals surface area contributed by atoms with Crippen molar-refractivity contribution in [2.24, 2.45) is 5.92 Å².